The lowest BCUT2D eigenvalue weighted by Crippen LogP contribution is -2.37. The molecule has 1 heterocycles. The van der Waals surface area contributed by atoms with Crippen LogP contribution in [0.4, 0.5) is 0 Å². The molecule has 21 heavy (non-hydrogen) atoms. The highest BCUT2D eigenvalue weighted by atomic mass is 16.5. The van der Waals surface area contributed by atoms with Gasteiger partial charge in [-0.25, -0.2) is 0 Å². The Morgan fingerprint density at radius 2 is 1.86 bits per heavy atom. The highest BCUT2D eigenvalue weighted by molar-refractivity contribution is 5.75. The predicted octanol–water partition coefficient (Wildman–Crippen LogP) is 1.46. The zero-order chi connectivity index (χ0) is 15.1. The van der Waals surface area contributed by atoms with Crippen LogP contribution in [0.1, 0.15) is 26.7 Å². The molecule has 0 bridgehead atoms. The fourth-order valence-electron chi connectivity index (χ4n) is 2.52. The lowest BCUT2D eigenvalue weighted by atomic mass is 9.97. The summed E-state index contributed by atoms with van der Waals surface area (Å²) in [6.07, 6.45) is 1.23. The van der Waals surface area contributed by atoms with Crippen molar-refractivity contribution in [3.8, 4) is 5.75 Å². The van der Waals surface area contributed by atoms with Crippen LogP contribution >= 0.6 is 0 Å². The number of rotatable bonds is 7. The fraction of sp³-hybridized carbons (Fsp3) is 0.562. The molecule has 1 aromatic carbocycles. The molecule has 0 radical (unpaired) electrons. The number of nitrogens with one attached hydrogen (secondary N) is 3. The van der Waals surface area contributed by atoms with Crippen molar-refractivity contribution in [2.45, 2.75) is 38.8 Å². The lowest BCUT2D eigenvalue weighted by molar-refractivity contribution is -0.121. The molecule has 2 atom stereocenters. The van der Waals surface area contributed by atoms with Gasteiger partial charge in [0, 0.05) is 31.0 Å². The van der Waals surface area contributed by atoms with E-state index in [1.807, 2.05) is 30.3 Å². The molecule has 5 nitrogen and oxygen atoms in total. The first-order chi connectivity index (χ1) is 10.2. The van der Waals surface area contributed by atoms with Gasteiger partial charge >= 0.3 is 0 Å². The summed E-state index contributed by atoms with van der Waals surface area (Å²) < 4.78 is 5.57. The predicted molar refractivity (Wildman–Crippen MR) is 82.9 cm³/mol. The van der Waals surface area contributed by atoms with E-state index in [9.17, 15) is 4.79 Å². The van der Waals surface area contributed by atoms with Crippen LogP contribution in [0, 0.1) is 5.92 Å². The third-order valence-corrected chi connectivity index (χ3v) is 3.92. The number of hydrogen-bond acceptors (Lipinski definition) is 4. The van der Waals surface area contributed by atoms with Crippen molar-refractivity contribution >= 4 is 5.91 Å². The maximum atomic E-state index is 11.8. The molecule has 5 heteroatoms. The average molecular weight is 291 g/mol. The lowest BCUT2D eigenvalue weighted by Gasteiger charge is -2.18. The number of ether oxygens (including phenoxy) is 1. The highest BCUT2D eigenvalue weighted by Crippen LogP contribution is 2.13. The van der Waals surface area contributed by atoms with Gasteiger partial charge in [0.15, 0.2) is 0 Å². The minimum Gasteiger partial charge on any atom is -0.494 e. The van der Waals surface area contributed by atoms with Gasteiger partial charge in [-0.2, -0.15) is 0 Å². The summed E-state index contributed by atoms with van der Waals surface area (Å²) >= 11 is 0. The molecule has 0 aliphatic carbocycles. The molecule has 0 saturated carbocycles. The van der Waals surface area contributed by atoms with E-state index < -0.39 is 0 Å². The molecule has 2 unspecified atom stereocenters. The SMILES string of the molecule is CC1NNC(C)C1CNC(=O)CCCOc1ccccc1. The van der Waals surface area contributed by atoms with E-state index >= 15 is 0 Å². The first-order valence-corrected chi connectivity index (χ1v) is 7.62. The minimum absolute atomic E-state index is 0.0953. The van der Waals surface area contributed by atoms with Crippen LogP contribution in [0.25, 0.3) is 0 Å². The Labute approximate surface area is 126 Å². The maximum Gasteiger partial charge on any atom is 0.220 e. The molecule has 1 amide bonds. The van der Waals surface area contributed by atoms with Crippen LogP contribution in [-0.2, 0) is 4.79 Å². The largest absolute Gasteiger partial charge is 0.494 e. The number of carbonyl (C=O) groups is 1. The molecule has 3 N–H and O–H groups in total. The first kappa shape index (κ1) is 15.8. The molecule has 1 aliphatic heterocycles. The molecular formula is C16H25N3O2. The fourth-order valence-corrected chi connectivity index (χ4v) is 2.52. The second-order valence-corrected chi connectivity index (χ2v) is 5.60. The van der Waals surface area contributed by atoms with Gasteiger partial charge in [0.05, 0.1) is 6.61 Å². The van der Waals surface area contributed by atoms with Crippen molar-refractivity contribution in [2.75, 3.05) is 13.2 Å². The summed E-state index contributed by atoms with van der Waals surface area (Å²) in [5.74, 6) is 1.37. The number of hydrogen-bond donors (Lipinski definition) is 3. The van der Waals surface area contributed by atoms with Crippen LogP contribution < -0.4 is 20.9 Å². The number of benzene rings is 1. The van der Waals surface area contributed by atoms with E-state index in [4.69, 9.17) is 4.74 Å². The molecule has 1 aliphatic rings. The van der Waals surface area contributed by atoms with Crippen molar-refractivity contribution in [3.05, 3.63) is 30.3 Å². The summed E-state index contributed by atoms with van der Waals surface area (Å²) in [6.45, 7) is 5.53. The maximum absolute atomic E-state index is 11.8. The van der Waals surface area contributed by atoms with Crippen LogP contribution in [0.2, 0.25) is 0 Å². The molecule has 2 rings (SSSR count). The van der Waals surface area contributed by atoms with Crippen molar-refractivity contribution < 1.29 is 9.53 Å². The molecule has 1 aromatic rings. The Morgan fingerprint density at radius 1 is 1.19 bits per heavy atom. The molecule has 1 saturated heterocycles. The number of carbonyl (C=O) groups excluding carboxylic acids is 1. The molecule has 0 aromatic heterocycles. The van der Waals surface area contributed by atoms with E-state index in [1.165, 1.54) is 0 Å². The summed E-state index contributed by atoms with van der Waals surface area (Å²) in [5.41, 5.74) is 6.38. The molecule has 1 fully saturated rings. The van der Waals surface area contributed by atoms with Crippen molar-refractivity contribution in [2.24, 2.45) is 5.92 Å². The zero-order valence-electron chi connectivity index (χ0n) is 12.8. The van der Waals surface area contributed by atoms with Gasteiger partial charge in [-0.05, 0) is 32.4 Å². The van der Waals surface area contributed by atoms with Gasteiger partial charge in [0.25, 0.3) is 0 Å². The van der Waals surface area contributed by atoms with Gasteiger partial charge in [0.1, 0.15) is 5.75 Å². The van der Waals surface area contributed by atoms with E-state index in [-0.39, 0.29) is 5.91 Å². The van der Waals surface area contributed by atoms with Crippen LogP contribution in [0.5, 0.6) is 5.75 Å². The molecule has 0 spiro atoms. The van der Waals surface area contributed by atoms with Gasteiger partial charge < -0.3 is 10.1 Å². The van der Waals surface area contributed by atoms with Gasteiger partial charge in [-0.15, -0.1) is 0 Å². The van der Waals surface area contributed by atoms with Crippen LogP contribution in [0.3, 0.4) is 0 Å². The zero-order valence-corrected chi connectivity index (χ0v) is 12.8. The summed E-state index contributed by atoms with van der Waals surface area (Å²) in [5, 5.41) is 3.01. The van der Waals surface area contributed by atoms with E-state index in [0.717, 1.165) is 12.2 Å². The number of para-hydroxylation sites is 1. The third kappa shape index (κ3) is 5.02. The summed E-state index contributed by atoms with van der Waals surface area (Å²) in [6, 6.07) is 10.4. The van der Waals surface area contributed by atoms with E-state index in [0.29, 0.717) is 37.6 Å². The Bertz CT molecular complexity index is 428. The molecular weight excluding hydrogens is 266 g/mol. The summed E-state index contributed by atoms with van der Waals surface area (Å²) in [4.78, 5) is 11.8. The second-order valence-electron chi connectivity index (χ2n) is 5.60. The topological polar surface area (TPSA) is 62.4 Å². The summed E-state index contributed by atoms with van der Waals surface area (Å²) in [7, 11) is 0. The van der Waals surface area contributed by atoms with Gasteiger partial charge in [-0.3, -0.25) is 15.6 Å². The smallest absolute Gasteiger partial charge is 0.220 e. The van der Waals surface area contributed by atoms with Gasteiger partial charge in [-0.1, -0.05) is 18.2 Å². The number of amides is 1. The van der Waals surface area contributed by atoms with Crippen molar-refractivity contribution in [1.82, 2.24) is 16.2 Å². The van der Waals surface area contributed by atoms with Gasteiger partial charge in [0.2, 0.25) is 5.91 Å². The first-order valence-electron chi connectivity index (χ1n) is 7.62. The van der Waals surface area contributed by atoms with Crippen LogP contribution in [0.15, 0.2) is 30.3 Å². The standard InChI is InChI=1S/C16H25N3O2/c1-12-15(13(2)19-18-12)11-17-16(20)9-6-10-21-14-7-4-3-5-8-14/h3-5,7-8,12-13,15,18-19H,6,9-11H2,1-2H3,(H,17,20). The number of hydrazine groups is 1. The minimum atomic E-state index is 0.0953. The Balaban J connectivity index is 1.57. The monoisotopic (exact) mass is 291 g/mol. The van der Waals surface area contributed by atoms with Crippen molar-refractivity contribution in [1.29, 1.82) is 0 Å². The van der Waals surface area contributed by atoms with E-state index in [1.54, 1.807) is 0 Å². The van der Waals surface area contributed by atoms with Crippen LogP contribution in [-0.4, -0.2) is 31.1 Å². The average Bonchev–Trinajstić information content (AvgIpc) is 2.81. The Hall–Kier alpha value is -1.59. The van der Waals surface area contributed by atoms with E-state index in [2.05, 4.69) is 30.0 Å². The third-order valence-electron chi connectivity index (χ3n) is 3.92. The quantitative estimate of drug-likeness (QED) is 0.666. The molecule has 116 valence electrons. The van der Waals surface area contributed by atoms with Crippen molar-refractivity contribution in [3.63, 3.8) is 0 Å². The Morgan fingerprint density at radius 3 is 2.52 bits per heavy atom. The Kier molecular flexibility index (Phi) is 6.02. The normalized spacial score (nSPS) is 24.8. The highest BCUT2D eigenvalue weighted by Gasteiger charge is 2.29. The second kappa shape index (κ2) is 8.00.